The molecule has 0 aromatic rings. The van der Waals surface area contributed by atoms with Crippen molar-refractivity contribution < 1.29 is 19.5 Å². The highest BCUT2D eigenvalue weighted by molar-refractivity contribution is 5.80. The molecule has 0 bridgehead atoms. The Labute approximate surface area is 118 Å². The Balaban J connectivity index is 1.92. The maximum atomic E-state index is 11.4. The molecule has 0 aliphatic heterocycles. The zero-order valence-corrected chi connectivity index (χ0v) is 11.8. The lowest BCUT2D eigenvalue weighted by molar-refractivity contribution is -0.141. The van der Waals surface area contributed by atoms with Gasteiger partial charge < -0.3 is 21.1 Å². The molecule has 1 fully saturated rings. The number of nitrogens with one attached hydrogen (secondary N) is 3. The lowest BCUT2D eigenvalue weighted by atomic mass is 10.1. The highest BCUT2D eigenvalue weighted by atomic mass is 16.4. The van der Waals surface area contributed by atoms with Gasteiger partial charge in [0.25, 0.3) is 0 Å². The second-order valence-corrected chi connectivity index (χ2v) is 5.13. The number of aliphatic carboxylic acids is 1. The predicted octanol–water partition coefficient (Wildman–Crippen LogP) is 0.313. The van der Waals surface area contributed by atoms with Crippen molar-refractivity contribution >= 4 is 17.9 Å². The van der Waals surface area contributed by atoms with Crippen molar-refractivity contribution in [3.05, 3.63) is 0 Å². The third-order valence-corrected chi connectivity index (χ3v) is 3.18. The minimum absolute atomic E-state index is 0.0647. The van der Waals surface area contributed by atoms with Crippen LogP contribution in [0.3, 0.4) is 0 Å². The van der Waals surface area contributed by atoms with E-state index in [1.54, 1.807) is 6.92 Å². The Kier molecular flexibility index (Phi) is 6.83. The Bertz CT molecular complexity index is 356. The van der Waals surface area contributed by atoms with Crippen LogP contribution in [0, 0.1) is 11.8 Å². The molecule has 114 valence electrons. The molecule has 4 N–H and O–H groups in total. The van der Waals surface area contributed by atoms with Gasteiger partial charge in [-0.15, -0.1) is 0 Å². The van der Waals surface area contributed by atoms with Crippen LogP contribution in [0.5, 0.6) is 0 Å². The van der Waals surface area contributed by atoms with Gasteiger partial charge in [0.1, 0.15) is 0 Å². The van der Waals surface area contributed by atoms with E-state index in [0.717, 1.165) is 12.8 Å². The van der Waals surface area contributed by atoms with Crippen molar-refractivity contribution in [2.24, 2.45) is 11.8 Å². The molecule has 1 saturated carbocycles. The maximum absolute atomic E-state index is 11.4. The Hall–Kier alpha value is -1.79. The molecule has 0 radical (unpaired) electrons. The average Bonchev–Trinajstić information content (AvgIpc) is 3.23. The summed E-state index contributed by atoms with van der Waals surface area (Å²) in [7, 11) is 0. The molecular formula is C13H23N3O4. The summed E-state index contributed by atoms with van der Waals surface area (Å²) in [6.45, 7) is 2.90. The Morgan fingerprint density at radius 1 is 1.10 bits per heavy atom. The summed E-state index contributed by atoms with van der Waals surface area (Å²) in [6, 6.07) is -0.298. The second kappa shape index (κ2) is 8.39. The molecule has 0 aromatic heterocycles. The first-order chi connectivity index (χ1) is 9.50. The van der Waals surface area contributed by atoms with E-state index < -0.39 is 11.9 Å². The van der Waals surface area contributed by atoms with Crippen LogP contribution in [0.1, 0.15) is 32.6 Å². The molecule has 0 aromatic carbocycles. The lowest BCUT2D eigenvalue weighted by Gasteiger charge is -2.09. The fourth-order valence-electron chi connectivity index (χ4n) is 1.65. The van der Waals surface area contributed by atoms with Crippen molar-refractivity contribution in [3.8, 4) is 0 Å². The summed E-state index contributed by atoms with van der Waals surface area (Å²) in [5.74, 6) is -0.965. The van der Waals surface area contributed by atoms with E-state index in [9.17, 15) is 14.4 Å². The molecule has 7 nitrogen and oxygen atoms in total. The van der Waals surface area contributed by atoms with Gasteiger partial charge in [-0.05, 0) is 25.7 Å². The second-order valence-electron chi connectivity index (χ2n) is 5.13. The summed E-state index contributed by atoms with van der Waals surface area (Å²) in [5, 5.41) is 16.7. The molecule has 20 heavy (non-hydrogen) atoms. The number of carboxylic acids is 1. The molecule has 0 spiro atoms. The van der Waals surface area contributed by atoms with Gasteiger partial charge in [0, 0.05) is 25.6 Å². The fraction of sp³-hybridized carbons (Fsp3) is 0.769. The van der Waals surface area contributed by atoms with Crippen LogP contribution in [0.15, 0.2) is 0 Å². The first-order valence-corrected chi connectivity index (χ1v) is 7.03. The molecular weight excluding hydrogens is 262 g/mol. The van der Waals surface area contributed by atoms with E-state index in [-0.39, 0.29) is 17.9 Å². The molecule has 1 atom stereocenters. The monoisotopic (exact) mass is 285 g/mol. The summed E-state index contributed by atoms with van der Waals surface area (Å²) in [6.07, 6.45) is 3.09. The van der Waals surface area contributed by atoms with Gasteiger partial charge in [0.2, 0.25) is 5.91 Å². The van der Waals surface area contributed by atoms with Crippen LogP contribution in [0.2, 0.25) is 0 Å². The molecule has 1 unspecified atom stereocenters. The van der Waals surface area contributed by atoms with Gasteiger partial charge in [0.05, 0.1) is 5.92 Å². The first kappa shape index (κ1) is 16.3. The van der Waals surface area contributed by atoms with Gasteiger partial charge in [-0.1, -0.05) is 6.92 Å². The van der Waals surface area contributed by atoms with Crippen molar-refractivity contribution in [1.82, 2.24) is 16.0 Å². The fourth-order valence-corrected chi connectivity index (χ4v) is 1.65. The van der Waals surface area contributed by atoms with Crippen LogP contribution in [0.25, 0.3) is 0 Å². The SMILES string of the molecule is CC(CCCNC(=O)NCCNC(=O)C1CC1)C(=O)O. The van der Waals surface area contributed by atoms with E-state index >= 15 is 0 Å². The van der Waals surface area contributed by atoms with Crippen LogP contribution in [0.4, 0.5) is 4.79 Å². The van der Waals surface area contributed by atoms with Gasteiger partial charge in [-0.2, -0.15) is 0 Å². The van der Waals surface area contributed by atoms with E-state index in [0.29, 0.717) is 32.5 Å². The van der Waals surface area contributed by atoms with Gasteiger partial charge >= 0.3 is 12.0 Å². The summed E-state index contributed by atoms with van der Waals surface area (Å²) < 4.78 is 0. The minimum Gasteiger partial charge on any atom is -0.481 e. The maximum Gasteiger partial charge on any atom is 0.314 e. The smallest absolute Gasteiger partial charge is 0.314 e. The Morgan fingerprint density at radius 2 is 1.70 bits per heavy atom. The molecule has 3 amide bonds. The van der Waals surface area contributed by atoms with Crippen LogP contribution in [-0.2, 0) is 9.59 Å². The van der Waals surface area contributed by atoms with Crippen molar-refractivity contribution in [2.45, 2.75) is 32.6 Å². The largest absolute Gasteiger partial charge is 0.481 e. The summed E-state index contributed by atoms with van der Waals surface area (Å²) in [5.41, 5.74) is 0. The molecule has 7 heteroatoms. The highest BCUT2D eigenvalue weighted by Crippen LogP contribution is 2.28. The summed E-state index contributed by atoms with van der Waals surface area (Å²) in [4.78, 5) is 33.2. The molecule has 1 rings (SSSR count). The number of rotatable bonds is 9. The van der Waals surface area contributed by atoms with Crippen LogP contribution < -0.4 is 16.0 Å². The average molecular weight is 285 g/mol. The minimum atomic E-state index is -0.819. The van der Waals surface area contributed by atoms with Crippen molar-refractivity contribution in [3.63, 3.8) is 0 Å². The number of urea groups is 1. The summed E-state index contributed by atoms with van der Waals surface area (Å²) >= 11 is 0. The van der Waals surface area contributed by atoms with E-state index in [1.165, 1.54) is 0 Å². The molecule has 1 aliphatic rings. The zero-order chi connectivity index (χ0) is 15.0. The standard InChI is InChI=1S/C13H23N3O4/c1-9(12(18)19)3-2-6-15-13(20)16-8-7-14-11(17)10-4-5-10/h9-10H,2-8H2,1H3,(H,14,17)(H,18,19)(H2,15,16,20). The van der Waals surface area contributed by atoms with Crippen molar-refractivity contribution in [2.75, 3.05) is 19.6 Å². The number of carboxylic acid groups (broad SMARTS) is 1. The number of carbonyl (C=O) groups excluding carboxylic acids is 2. The molecule has 0 heterocycles. The van der Waals surface area contributed by atoms with Crippen molar-refractivity contribution in [1.29, 1.82) is 0 Å². The van der Waals surface area contributed by atoms with Crippen LogP contribution in [-0.4, -0.2) is 42.6 Å². The number of hydrogen-bond acceptors (Lipinski definition) is 3. The van der Waals surface area contributed by atoms with Gasteiger partial charge in [-0.3, -0.25) is 9.59 Å². The zero-order valence-electron chi connectivity index (χ0n) is 11.8. The highest BCUT2D eigenvalue weighted by Gasteiger charge is 2.28. The normalized spacial score (nSPS) is 15.2. The first-order valence-electron chi connectivity index (χ1n) is 7.03. The Morgan fingerprint density at radius 3 is 2.30 bits per heavy atom. The third-order valence-electron chi connectivity index (χ3n) is 3.18. The van der Waals surface area contributed by atoms with E-state index in [2.05, 4.69) is 16.0 Å². The topological polar surface area (TPSA) is 108 Å². The van der Waals surface area contributed by atoms with Gasteiger partial charge in [0.15, 0.2) is 0 Å². The lowest BCUT2D eigenvalue weighted by Crippen LogP contribution is -2.40. The molecule has 1 aliphatic carbocycles. The molecule has 0 saturated heterocycles. The van der Waals surface area contributed by atoms with Gasteiger partial charge in [-0.25, -0.2) is 4.79 Å². The number of amides is 3. The van der Waals surface area contributed by atoms with E-state index in [4.69, 9.17) is 5.11 Å². The quantitative estimate of drug-likeness (QED) is 0.457. The number of carbonyl (C=O) groups is 3. The number of hydrogen-bond donors (Lipinski definition) is 4. The predicted molar refractivity (Wildman–Crippen MR) is 73.2 cm³/mol. The van der Waals surface area contributed by atoms with Crippen LogP contribution >= 0.6 is 0 Å². The third kappa shape index (κ3) is 6.96. The van der Waals surface area contributed by atoms with E-state index in [1.807, 2.05) is 0 Å².